The van der Waals surface area contributed by atoms with E-state index in [1.54, 1.807) is 0 Å². The van der Waals surface area contributed by atoms with Crippen molar-refractivity contribution in [1.29, 1.82) is 0 Å². The van der Waals surface area contributed by atoms with E-state index in [4.69, 9.17) is 0 Å². The van der Waals surface area contributed by atoms with Crippen LogP contribution >= 0.6 is 0 Å². The fourth-order valence-corrected chi connectivity index (χ4v) is 2.15. The van der Waals surface area contributed by atoms with E-state index in [-0.39, 0.29) is 5.41 Å². The molecule has 0 saturated carbocycles. The summed E-state index contributed by atoms with van der Waals surface area (Å²) in [5.74, 6) is 0. The van der Waals surface area contributed by atoms with Crippen molar-refractivity contribution in [2.75, 3.05) is 0 Å². The minimum absolute atomic E-state index is 0.179. The third-order valence-electron chi connectivity index (χ3n) is 3.73. The molecule has 0 saturated heterocycles. The van der Waals surface area contributed by atoms with Crippen molar-refractivity contribution in [2.45, 2.75) is 59.8 Å². The molecule has 1 nitrogen and oxygen atoms in total. The Morgan fingerprint density at radius 2 is 1.67 bits per heavy atom. The summed E-state index contributed by atoms with van der Waals surface area (Å²) in [6.45, 7) is 13.2. The van der Waals surface area contributed by atoms with Crippen LogP contribution in [0.25, 0.3) is 11.3 Å². The van der Waals surface area contributed by atoms with Crippen LogP contribution in [-0.2, 0) is 5.41 Å². The Kier molecular flexibility index (Phi) is 6.61. The fraction of sp³-hybridized carbons (Fsp3) is 0.450. The van der Waals surface area contributed by atoms with Gasteiger partial charge in [0.1, 0.15) is 0 Å². The number of rotatable bonds is 3. The summed E-state index contributed by atoms with van der Waals surface area (Å²) in [6.07, 6.45) is 4.23. The van der Waals surface area contributed by atoms with E-state index in [1.807, 2.05) is 18.3 Å². The van der Waals surface area contributed by atoms with Crippen molar-refractivity contribution in [3.05, 3.63) is 53.7 Å². The second kappa shape index (κ2) is 7.97. The van der Waals surface area contributed by atoms with Crippen molar-refractivity contribution in [2.24, 2.45) is 0 Å². The van der Waals surface area contributed by atoms with Gasteiger partial charge in [-0.25, -0.2) is 0 Å². The summed E-state index contributed by atoms with van der Waals surface area (Å²) >= 11 is 0. The molecule has 2 rings (SSSR count). The van der Waals surface area contributed by atoms with E-state index in [0.717, 1.165) is 12.1 Å². The zero-order chi connectivity index (χ0) is 15.9. The van der Waals surface area contributed by atoms with Gasteiger partial charge in [0.25, 0.3) is 0 Å². The Balaban J connectivity index is 0.000000677. The maximum Gasteiger partial charge on any atom is 0.0704 e. The lowest BCUT2D eigenvalue weighted by molar-refractivity contribution is 0.507. The summed E-state index contributed by atoms with van der Waals surface area (Å²) in [6, 6.07) is 12.8. The van der Waals surface area contributed by atoms with Gasteiger partial charge in [-0.3, -0.25) is 4.98 Å². The first-order valence-electron chi connectivity index (χ1n) is 7.98. The second-order valence-corrected chi connectivity index (χ2v) is 6.21. The molecule has 1 heterocycles. The largest absolute Gasteiger partial charge is 0.256 e. The molecule has 21 heavy (non-hydrogen) atoms. The molecule has 0 fully saturated rings. The molecule has 1 aromatic heterocycles. The van der Waals surface area contributed by atoms with E-state index in [9.17, 15) is 0 Å². The van der Waals surface area contributed by atoms with Gasteiger partial charge >= 0.3 is 0 Å². The standard InChI is InChI=1S/C17H21N.C3H8/c1-5-17(3,4)15-12-13(2)9-10-14(15)16-8-6-7-11-18-16;1-3-2/h6-12H,5H2,1-4H3;3H2,1-2H3. The molecule has 0 N–H and O–H groups in total. The average Bonchev–Trinajstić information content (AvgIpc) is 2.49. The zero-order valence-electron chi connectivity index (χ0n) is 14.4. The molecule has 0 radical (unpaired) electrons. The molecule has 0 unspecified atom stereocenters. The molecular weight excluding hydrogens is 254 g/mol. The van der Waals surface area contributed by atoms with E-state index >= 15 is 0 Å². The van der Waals surface area contributed by atoms with Gasteiger partial charge in [0.15, 0.2) is 0 Å². The molecule has 1 aromatic carbocycles. The normalized spacial score (nSPS) is 10.8. The molecule has 0 aliphatic heterocycles. The van der Waals surface area contributed by atoms with Gasteiger partial charge in [-0.05, 0) is 36.5 Å². The van der Waals surface area contributed by atoms with Crippen LogP contribution in [-0.4, -0.2) is 4.98 Å². The smallest absolute Gasteiger partial charge is 0.0704 e. The Morgan fingerprint density at radius 1 is 1.00 bits per heavy atom. The molecule has 1 heteroatoms. The summed E-state index contributed by atoms with van der Waals surface area (Å²) in [5.41, 5.74) is 5.20. The molecule has 0 aliphatic rings. The maximum atomic E-state index is 4.49. The fourth-order valence-electron chi connectivity index (χ4n) is 2.15. The van der Waals surface area contributed by atoms with Crippen molar-refractivity contribution in [1.82, 2.24) is 4.98 Å². The summed E-state index contributed by atoms with van der Waals surface area (Å²) in [5, 5.41) is 0. The lowest BCUT2D eigenvalue weighted by atomic mass is 9.78. The average molecular weight is 283 g/mol. The molecule has 0 amide bonds. The molecule has 0 spiro atoms. The zero-order valence-corrected chi connectivity index (χ0v) is 14.4. The van der Waals surface area contributed by atoms with Crippen molar-refractivity contribution < 1.29 is 0 Å². The number of pyridine rings is 1. The second-order valence-electron chi connectivity index (χ2n) is 6.21. The van der Waals surface area contributed by atoms with Crippen LogP contribution in [0.1, 0.15) is 58.6 Å². The van der Waals surface area contributed by atoms with Gasteiger partial charge in [0.05, 0.1) is 5.69 Å². The quantitative estimate of drug-likeness (QED) is 0.657. The SMILES string of the molecule is CCC.CCC(C)(C)c1cc(C)ccc1-c1ccccn1. The highest BCUT2D eigenvalue weighted by Gasteiger charge is 2.22. The van der Waals surface area contributed by atoms with Crippen LogP contribution in [0.3, 0.4) is 0 Å². The molecule has 114 valence electrons. The number of aromatic nitrogens is 1. The summed E-state index contributed by atoms with van der Waals surface area (Å²) in [4.78, 5) is 4.49. The van der Waals surface area contributed by atoms with Gasteiger partial charge in [0.2, 0.25) is 0 Å². The van der Waals surface area contributed by atoms with Crippen LogP contribution in [0, 0.1) is 6.92 Å². The Hall–Kier alpha value is -1.63. The van der Waals surface area contributed by atoms with E-state index in [1.165, 1.54) is 23.1 Å². The molecule has 0 atom stereocenters. The number of aryl methyl sites for hydroxylation is 1. The van der Waals surface area contributed by atoms with Crippen molar-refractivity contribution >= 4 is 0 Å². The Morgan fingerprint density at radius 3 is 2.19 bits per heavy atom. The third kappa shape index (κ3) is 4.70. The van der Waals surface area contributed by atoms with Gasteiger partial charge in [-0.15, -0.1) is 0 Å². The third-order valence-corrected chi connectivity index (χ3v) is 3.73. The minimum Gasteiger partial charge on any atom is -0.256 e. The van der Waals surface area contributed by atoms with Crippen molar-refractivity contribution in [3.63, 3.8) is 0 Å². The first-order valence-corrected chi connectivity index (χ1v) is 7.98. The predicted molar refractivity (Wildman–Crippen MR) is 93.7 cm³/mol. The van der Waals surface area contributed by atoms with Crippen LogP contribution in [0.5, 0.6) is 0 Å². The summed E-state index contributed by atoms with van der Waals surface area (Å²) < 4.78 is 0. The van der Waals surface area contributed by atoms with Crippen LogP contribution in [0.15, 0.2) is 42.6 Å². The number of benzene rings is 1. The molecule has 0 bridgehead atoms. The first kappa shape index (κ1) is 17.4. The van der Waals surface area contributed by atoms with E-state index < -0.39 is 0 Å². The number of nitrogens with zero attached hydrogens (tertiary/aromatic N) is 1. The monoisotopic (exact) mass is 283 g/mol. The highest BCUT2D eigenvalue weighted by Crippen LogP contribution is 2.35. The highest BCUT2D eigenvalue weighted by molar-refractivity contribution is 5.65. The van der Waals surface area contributed by atoms with Crippen LogP contribution in [0.4, 0.5) is 0 Å². The minimum atomic E-state index is 0.179. The van der Waals surface area contributed by atoms with E-state index in [2.05, 4.69) is 70.8 Å². The predicted octanol–water partition coefficient (Wildman–Crippen LogP) is 6.16. The van der Waals surface area contributed by atoms with Gasteiger partial charge in [-0.2, -0.15) is 0 Å². The Bertz CT molecular complexity index is 541. The van der Waals surface area contributed by atoms with Gasteiger partial charge in [-0.1, -0.05) is 70.9 Å². The lowest BCUT2D eigenvalue weighted by Gasteiger charge is -2.26. The molecule has 2 aromatic rings. The van der Waals surface area contributed by atoms with Gasteiger partial charge in [0, 0.05) is 11.8 Å². The molecule has 0 aliphatic carbocycles. The highest BCUT2D eigenvalue weighted by atomic mass is 14.7. The van der Waals surface area contributed by atoms with Crippen LogP contribution in [0.2, 0.25) is 0 Å². The van der Waals surface area contributed by atoms with Crippen LogP contribution < -0.4 is 0 Å². The van der Waals surface area contributed by atoms with Crippen molar-refractivity contribution in [3.8, 4) is 11.3 Å². The van der Waals surface area contributed by atoms with Gasteiger partial charge < -0.3 is 0 Å². The first-order chi connectivity index (χ1) is 9.96. The number of hydrogen-bond acceptors (Lipinski definition) is 1. The summed E-state index contributed by atoms with van der Waals surface area (Å²) in [7, 11) is 0. The maximum absolute atomic E-state index is 4.49. The topological polar surface area (TPSA) is 12.9 Å². The number of hydrogen-bond donors (Lipinski definition) is 0. The Labute approximate surface area is 130 Å². The van der Waals surface area contributed by atoms with E-state index in [0.29, 0.717) is 0 Å². The lowest BCUT2D eigenvalue weighted by Crippen LogP contribution is -2.17. The molecular formula is C20H29N.